The number of benzene rings is 1. The van der Waals surface area contributed by atoms with Gasteiger partial charge in [0, 0.05) is 17.3 Å². The maximum Gasteiger partial charge on any atom is 0.240 e. The lowest BCUT2D eigenvalue weighted by Crippen LogP contribution is -2.30. The first-order valence-corrected chi connectivity index (χ1v) is 10.8. The van der Waals surface area contributed by atoms with Crippen molar-refractivity contribution < 1.29 is 14.7 Å². The van der Waals surface area contributed by atoms with Gasteiger partial charge in [0.05, 0.1) is 24.3 Å². The van der Waals surface area contributed by atoms with Crippen molar-refractivity contribution >= 4 is 40.9 Å². The molecule has 1 aromatic heterocycles. The molecule has 0 saturated carbocycles. The number of imidazole rings is 1. The summed E-state index contributed by atoms with van der Waals surface area (Å²) in [4.78, 5) is 28.7. The number of halogens is 1. The van der Waals surface area contributed by atoms with E-state index >= 15 is 0 Å². The summed E-state index contributed by atoms with van der Waals surface area (Å²) in [6.07, 6.45) is 2.41. The number of rotatable bonds is 10. The first kappa shape index (κ1) is 23.3. The second-order valence-corrected chi connectivity index (χ2v) is 8.46. The van der Waals surface area contributed by atoms with Crippen LogP contribution in [0.25, 0.3) is 0 Å². The van der Waals surface area contributed by atoms with Crippen molar-refractivity contribution in [1.29, 1.82) is 0 Å². The largest absolute Gasteiger partial charge is 0.390 e. The summed E-state index contributed by atoms with van der Waals surface area (Å²) < 4.78 is 1.63. The van der Waals surface area contributed by atoms with Crippen LogP contribution in [0.2, 0.25) is 5.02 Å². The molecule has 0 aliphatic carbocycles. The molecule has 2 amide bonds. The molecule has 0 spiro atoms. The number of hydrogen-bond acceptors (Lipinski definition) is 5. The van der Waals surface area contributed by atoms with Crippen LogP contribution in [0.3, 0.4) is 0 Å². The molecule has 0 aliphatic heterocycles. The molecule has 7 nitrogen and oxygen atoms in total. The van der Waals surface area contributed by atoms with Crippen molar-refractivity contribution in [3.63, 3.8) is 0 Å². The number of thioether (sulfide) groups is 1. The Kier molecular flexibility index (Phi) is 9.00. The maximum absolute atomic E-state index is 12.3. The van der Waals surface area contributed by atoms with E-state index in [1.165, 1.54) is 18.0 Å². The van der Waals surface area contributed by atoms with E-state index in [1.807, 2.05) is 13.0 Å². The van der Waals surface area contributed by atoms with Gasteiger partial charge in [-0.2, -0.15) is 0 Å². The van der Waals surface area contributed by atoms with E-state index in [0.717, 1.165) is 12.0 Å². The zero-order valence-corrected chi connectivity index (χ0v) is 18.4. The third-order valence-electron chi connectivity index (χ3n) is 4.20. The fraction of sp³-hybridized carbons (Fsp3) is 0.450. The molecular weight excluding hydrogens is 412 g/mol. The van der Waals surface area contributed by atoms with Gasteiger partial charge in [0.2, 0.25) is 11.8 Å². The third-order valence-corrected chi connectivity index (χ3v) is 5.59. The van der Waals surface area contributed by atoms with Crippen LogP contribution in [-0.2, 0) is 22.7 Å². The molecule has 0 fully saturated rings. The Labute approximate surface area is 180 Å². The van der Waals surface area contributed by atoms with Crippen molar-refractivity contribution in [2.45, 2.75) is 45.5 Å². The molecule has 0 unspecified atom stereocenters. The summed E-state index contributed by atoms with van der Waals surface area (Å²) in [5.41, 5.74) is 2.08. The van der Waals surface area contributed by atoms with Crippen LogP contribution in [0.4, 0.5) is 5.69 Å². The number of hydrogen-bond donors (Lipinski definition) is 3. The Morgan fingerprint density at radius 1 is 1.31 bits per heavy atom. The van der Waals surface area contributed by atoms with E-state index < -0.39 is 0 Å². The molecule has 0 aliphatic rings. The second-order valence-electron chi connectivity index (χ2n) is 7.11. The van der Waals surface area contributed by atoms with Crippen molar-refractivity contribution in [2.24, 2.45) is 5.92 Å². The van der Waals surface area contributed by atoms with Crippen LogP contribution in [0.5, 0.6) is 0 Å². The van der Waals surface area contributed by atoms with E-state index in [2.05, 4.69) is 29.5 Å². The minimum absolute atomic E-state index is 0.0471. The average Bonchev–Trinajstić information content (AvgIpc) is 3.04. The predicted octanol–water partition coefficient (Wildman–Crippen LogP) is 3.23. The maximum atomic E-state index is 12.3. The molecule has 2 rings (SSSR count). The number of anilines is 1. The van der Waals surface area contributed by atoms with Crippen molar-refractivity contribution in [3.05, 3.63) is 40.7 Å². The van der Waals surface area contributed by atoms with Crippen LogP contribution in [0.15, 0.2) is 29.6 Å². The molecule has 1 aromatic carbocycles. The third kappa shape index (κ3) is 7.38. The van der Waals surface area contributed by atoms with Gasteiger partial charge in [0.25, 0.3) is 0 Å². The van der Waals surface area contributed by atoms with Gasteiger partial charge in [-0.15, -0.1) is 0 Å². The number of aromatic nitrogens is 2. The topological polar surface area (TPSA) is 96.2 Å². The van der Waals surface area contributed by atoms with E-state index in [0.29, 0.717) is 34.0 Å². The van der Waals surface area contributed by atoms with Crippen LogP contribution >= 0.6 is 23.4 Å². The quantitative estimate of drug-likeness (QED) is 0.495. The molecule has 0 radical (unpaired) electrons. The summed E-state index contributed by atoms with van der Waals surface area (Å²) in [7, 11) is 0. The van der Waals surface area contributed by atoms with Crippen LogP contribution in [0, 0.1) is 12.8 Å². The number of aliphatic hydroxyl groups is 1. The molecule has 1 heterocycles. The zero-order chi connectivity index (χ0) is 21.4. The minimum Gasteiger partial charge on any atom is -0.390 e. The molecule has 29 heavy (non-hydrogen) atoms. The fourth-order valence-corrected chi connectivity index (χ4v) is 3.48. The van der Waals surface area contributed by atoms with Crippen molar-refractivity contribution in [1.82, 2.24) is 14.9 Å². The highest BCUT2D eigenvalue weighted by Crippen LogP contribution is 2.22. The number of amides is 2. The lowest BCUT2D eigenvalue weighted by atomic mass is 10.1. The molecule has 0 atom stereocenters. The number of carbonyl (C=O) groups is 2. The molecule has 3 N–H and O–H groups in total. The fourth-order valence-electron chi connectivity index (χ4n) is 2.50. The molecule has 0 saturated heterocycles. The Balaban J connectivity index is 1.94. The van der Waals surface area contributed by atoms with Gasteiger partial charge >= 0.3 is 0 Å². The van der Waals surface area contributed by atoms with Gasteiger partial charge in [-0.1, -0.05) is 43.3 Å². The van der Waals surface area contributed by atoms with E-state index in [1.54, 1.807) is 16.7 Å². The monoisotopic (exact) mass is 438 g/mol. The van der Waals surface area contributed by atoms with Crippen LogP contribution < -0.4 is 10.6 Å². The Morgan fingerprint density at radius 2 is 2.07 bits per heavy atom. The van der Waals surface area contributed by atoms with E-state index in [9.17, 15) is 14.7 Å². The Hall–Kier alpha value is -2.03. The number of nitrogens with one attached hydrogen (secondary N) is 2. The highest BCUT2D eigenvalue weighted by Gasteiger charge is 2.15. The van der Waals surface area contributed by atoms with E-state index in [-0.39, 0.29) is 30.7 Å². The zero-order valence-electron chi connectivity index (χ0n) is 16.9. The molecular formula is C20H27ClN4O3S. The van der Waals surface area contributed by atoms with Crippen LogP contribution in [0.1, 0.15) is 31.5 Å². The highest BCUT2D eigenvalue weighted by molar-refractivity contribution is 7.99. The molecule has 0 bridgehead atoms. The average molecular weight is 439 g/mol. The minimum atomic E-state index is -0.235. The number of aliphatic hydroxyl groups excluding tert-OH is 1. The van der Waals surface area contributed by atoms with Gasteiger partial charge < -0.3 is 20.3 Å². The standard InChI is InChI=1S/C20H27ClN4O3S/c1-13(2)6-7-22-18(27)10-25-16(11-26)9-23-20(25)29-12-19(28)24-15-5-4-14(3)17(21)8-15/h4-5,8-9,13,26H,6-7,10-12H2,1-3H3,(H,22,27)(H,24,28). The molecule has 158 valence electrons. The van der Waals surface area contributed by atoms with Gasteiger partial charge in [-0.3, -0.25) is 9.59 Å². The van der Waals surface area contributed by atoms with Crippen molar-refractivity contribution in [2.75, 3.05) is 17.6 Å². The summed E-state index contributed by atoms with van der Waals surface area (Å²) in [5, 5.41) is 16.3. The Bertz CT molecular complexity index is 854. The van der Waals surface area contributed by atoms with Gasteiger partial charge in [0.1, 0.15) is 6.54 Å². The molecule has 2 aromatic rings. The smallest absolute Gasteiger partial charge is 0.240 e. The van der Waals surface area contributed by atoms with Crippen LogP contribution in [-0.4, -0.2) is 38.8 Å². The Morgan fingerprint density at radius 3 is 2.72 bits per heavy atom. The van der Waals surface area contributed by atoms with Gasteiger partial charge in [0.15, 0.2) is 5.16 Å². The van der Waals surface area contributed by atoms with Crippen molar-refractivity contribution in [3.8, 4) is 0 Å². The van der Waals surface area contributed by atoms with Gasteiger partial charge in [-0.25, -0.2) is 4.98 Å². The highest BCUT2D eigenvalue weighted by atomic mass is 35.5. The summed E-state index contributed by atoms with van der Waals surface area (Å²) in [6, 6.07) is 5.32. The SMILES string of the molecule is Cc1ccc(NC(=O)CSc2ncc(CO)n2CC(=O)NCCC(C)C)cc1Cl. The van der Waals surface area contributed by atoms with Gasteiger partial charge in [-0.05, 0) is 37.0 Å². The summed E-state index contributed by atoms with van der Waals surface area (Å²) in [5.74, 6) is 0.252. The number of carbonyl (C=O) groups excluding carboxylic acids is 2. The normalized spacial score (nSPS) is 11.0. The summed E-state index contributed by atoms with van der Waals surface area (Å²) in [6.45, 7) is 6.49. The second kappa shape index (κ2) is 11.2. The first-order valence-electron chi connectivity index (χ1n) is 9.41. The lowest BCUT2D eigenvalue weighted by molar-refractivity contribution is -0.121. The number of aryl methyl sites for hydroxylation is 1. The number of nitrogens with zero attached hydrogens (tertiary/aromatic N) is 2. The summed E-state index contributed by atoms with van der Waals surface area (Å²) >= 11 is 7.28. The predicted molar refractivity (Wildman–Crippen MR) is 116 cm³/mol. The lowest BCUT2D eigenvalue weighted by Gasteiger charge is -2.12. The molecule has 9 heteroatoms. The first-order chi connectivity index (χ1) is 13.8. The van der Waals surface area contributed by atoms with E-state index in [4.69, 9.17) is 11.6 Å².